The lowest BCUT2D eigenvalue weighted by Gasteiger charge is -2.32. The Hall–Kier alpha value is -1.02. The molecule has 1 aromatic carbocycles. The molecule has 1 aliphatic heterocycles. The maximum atomic E-state index is 5.21. The number of rotatable bonds is 3. The lowest BCUT2D eigenvalue weighted by molar-refractivity contribution is 0.373. The molecular formula is C14H21NO. The fourth-order valence-electron chi connectivity index (χ4n) is 2.93. The topological polar surface area (TPSA) is 21.3 Å². The number of hydrogen-bond acceptors (Lipinski definition) is 2. The van der Waals surface area contributed by atoms with Crippen molar-refractivity contribution in [3.63, 3.8) is 0 Å². The lowest BCUT2D eigenvalue weighted by atomic mass is 9.73. The van der Waals surface area contributed by atoms with Crippen LogP contribution in [-0.2, 0) is 5.41 Å². The van der Waals surface area contributed by atoms with E-state index in [2.05, 4.69) is 43.4 Å². The molecule has 1 N–H and O–H groups in total. The van der Waals surface area contributed by atoms with E-state index in [0.717, 1.165) is 12.3 Å². The first-order chi connectivity index (χ1) is 7.73. The third-order valence-corrected chi connectivity index (χ3v) is 4.15. The maximum absolute atomic E-state index is 5.21. The Labute approximate surface area is 98.0 Å². The average molecular weight is 219 g/mol. The fourth-order valence-corrected chi connectivity index (χ4v) is 2.93. The fraction of sp³-hybridized carbons (Fsp3) is 0.571. The van der Waals surface area contributed by atoms with Crippen molar-refractivity contribution in [1.29, 1.82) is 0 Å². The smallest absolute Gasteiger partial charge is 0.118 e. The molecule has 1 heterocycles. The zero-order valence-electron chi connectivity index (χ0n) is 10.4. The molecule has 2 unspecified atom stereocenters. The summed E-state index contributed by atoms with van der Waals surface area (Å²) in [6, 6.07) is 9.12. The van der Waals surface area contributed by atoms with Gasteiger partial charge in [-0.05, 0) is 44.0 Å². The van der Waals surface area contributed by atoms with Gasteiger partial charge in [-0.2, -0.15) is 0 Å². The van der Waals surface area contributed by atoms with E-state index >= 15 is 0 Å². The molecule has 1 saturated heterocycles. The van der Waals surface area contributed by atoms with E-state index in [1.54, 1.807) is 7.11 Å². The highest BCUT2D eigenvalue weighted by Crippen LogP contribution is 2.38. The number of hydrogen-bond donors (Lipinski definition) is 1. The van der Waals surface area contributed by atoms with Crippen LogP contribution < -0.4 is 10.1 Å². The van der Waals surface area contributed by atoms with Crippen molar-refractivity contribution in [3.05, 3.63) is 29.8 Å². The molecule has 0 amide bonds. The van der Waals surface area contributed by atoms with Crippen molar-refractivity contribution in [3.8, 4) is 5.75 Å². The highest BCUT2D eigenvalue weighted by atomic mass is 16.5. The Balaban J connectivity index is 2.33. The molecule has 2 heteroatoms. The molecule has 16 heavy (non-hydrogen) atoms. The van der Waals surface area contributed by atoms with Gasteiger partial charge in [0.2, 0.25) is 0 Å². The lowest BCUT2D eigenvalue weighted by Crippen LogP contribution is -2.37. The van der Waals surface area contributed by atoms with Crippen molar-refractivity contribution in [2.75, 3.05) is 13.7 Å². The number of nitrogens with one attached hydrogen (secondary N) is 1. The second kappa shape index (κ2) is 4.46. The minimum Gasteiger partial charge on any atom is -0.497 e. The molecule has 88 valence electrons. The second-order valence-corrected chi connectivity index (χ2v) is 4.66. The molecule has 2 atom stereocenters. The second-order valence-electron chi connectivity index (χ2n) is 4.66. The number of methoxy groups -OCH3 is 1. The van der Waals surface area contributed by atoms with Crippen LogP contribution in [-0.4, -0.2) is 19.7 Å². The van der Waals surface area contributed by atoms with Crippen LogP contribution in [0.2, 0.25) is 0 Å². The Bertz CT molecular complexity index is 346. The standard InChI is InChI=1S/C14H21NO/c1-4-14(9-10-15-11(14)2)12-5-7-13(16-3)8-6-12/h5-8,11,15H,4,9-10H2,1-3H3. The molecule has 1 fully saturated rings. The van der Waals surface area contributed by atoms with Gasteiger partial charge in [0.15, 0.2) is 0 Å². The van der Waals surface area contributed by atoms with Crippen LogP contribution in [0.25, 0.3) is 0 Å². The third kappa shape index (κ3) is 1.71. The Morgan fingerprint density at radius 3 is 2.50 bits per heavy atom. The van der Waals surface area contributed by atoms with Gasteiger partial charge in [0.25, 0.3) is 0 Å². The number of benzene rings is 1. The summed E-state index contributed by atoms with van der Waals surface area (Å²) in [5, 5.41) is 3.56. The molecule has 2 rings (SSSR count). The largest absolute Gasteiger partial charge is 0.497 e. The van der Waals surface area contributed by atoms with E-state index in [0.29, 0.717) is 11.5 Å². The van der Waals surface area contributed by atoms with Gasteiger partial charge in [0.1, 0.15) is 5.75 Å². The Kier molecular flexibility index (Phi) is 3.20. The predicted octanol–water partition coefficient (Wildman–Crippen LogP) is 2.72. The maximum Gasteiger partial charge on any atom is 0.118 e. The first kappa shape index (κ1) is 11.5. The Morgan fingerprint density at radius 2 is 2.06 bits per heavy atom. The SMILES string of the molecule is CCC1(c2ccc(OC)cc2)CCNC1C. The highest BCUT2D eigenvalue weighted by Gasteiger charge is 2.39. The molecule has 0 spiro atoms. The molecule has 0 radical (unpaired) electrons. The van der Waals surface area contributed by atoms with Crippen LogP contribution >= 0.6 is 0 Å². The van der Waals surface area contributed by atoms with Crippen LogP contribution in [0.15, 0.2) is 24.3 Å². The summed E-state index contributed by atoms with van der Waals surface area (Å²) in [7, 11) is 1.71. The van der Waals surface area contributed by atoms with E-state index in [4.69, 9.17) is 4.74 Å². The van der Waals surface area contributed by atoms with Gasteiger partial charge in [-0.25, -0.2) is 0 Å². The molecule has 0 bridgehead atoms. The quantitative estimate of drug-likeness (QED) is 0.844. The van der Waals surface area contributed by atoms with E-state index in [1.165, 1.54) is 18.4 Å². The molecule has 0 aliphatic carbocycles. The van der Waals surface area contributed by atoms with Gasteiger partial charge in [0, 0.05) is 11.5 Å². The molecule has 2 nitrogen and oxygen atoms in total. The monoisotopic (exact) mass is 219 g/mol. The summed E-state index contributed by atoms with van der Waals surface area (Å²) in [4.78, 5) is 0. The van der Waals surface area contributed by atoms with Crippen LogP contribution in [0, 0.1) is 0 Å². The van der Waals surface area contributed by atoms with Gasteiger partial charge in [-0.15, -0.1) is 0 Å². The Morgan fingerprint density at radius 1 is 1.38 bits per heavy atom. The van der Waals surface area contributed by atoms with Crippen LogP contribution in [0.5, 0.6) is 5.75 Å². The molecule has 0 aromatic heterocycles. The summed E-state index contributed by atoms with van der Waals surface area (Å²) in [5.41, 5.74) is 1.75. The van der Waals surface area contributed by atoms with Crippen molar-refractivity contribution in [2.24, 2.45) is 0 Å². The van der Waals surface area contributed by atoms with Gasteiger partial charge in [-0.3, -0.25) is 0 Å². The van der Waals surface area contributed by atoms with Crippen molar-refractivity contribution < 1.29 is 4.74 Å². The van der Waals surface area contributed by atoms with Gasteiger partial charge in [0.05, 0.1) is 7.11 Å². The van der Waals surface area contributed by atoms with Crippen LogP contribution in [0.1, 0.15) is 32.3 Å². The summed E-state index contributed by atoms with van der Waals surface area (Å²) in [5.74, 6) is 0.939. The summed E-state index contributed by atoms with van der Waals surface area (Å²) in [6.45, 7) is 5.70. The van der Waals surface area contributed by atoms with Gasteiger partial charge >= 0.3 is 0 Å². The summed E-state index contributed by atoms with van der Waals surface area (Å²) < 4.78 is 5.21. The number of ether oxygens (including phenoxy) is 1. The molecule has 1 aromatic rings. The average Bonchev–Trinajstić information content (AvgIpc) is 2.72. The summed E-state index contributed by atoms with van der Waals surface area (Å²) in [6.07, 6.45) is 2.42. The van der Waals surface area contributed by atoms with Crippen molar-refractivity contribution in [2.45, 2.75) is 38.1 Å². The van der Waals surface area contributed by atoms with Gasteiger partial charge < -0.3 is 10.1 Å². The normalized spacial score (nSPS) is 29.3. The summed E-state index contributed by atoms with van der Waals surface area (Å²) >= 11 is 0. The first-order valence-corrected chi connectivity index (χ1v) is 6.11. The molecular weight excluding hydrogens is 198 g/mol. The predicted molar refractivity (Wildman–Crippen MR) is 67.0 cm³/mol. The first-order valence-electron chi connectivity index (χ1n) is 6.11. The van der Waals surface area contributed by atoms with E-state index in [-0.39, 0.29) is 0 Å². The molecule has 1 aliphatic rings. The van der Waals surface area contributed by atoms with Crippen molar-refractivity contribution >= 4 is 0 Å². The van der Waals surface area contributed by atoms with E-state index < -0.39 is 0 Å². The zero-order chi connectivity index (χ0) is 11.6. The van der Waals surface area contributed by atoms with Crippen LogP contribution in [0.3, 0.4) is 0 Å². The molecule has 0 saturated carbocycles. The van der Waals surface area contributed by atoms with E-state index in [1.807, 2.05) is 0 Å². The van der Waals surface area contributed by atoms with Gasteiger partial charge in [-0.1, -0.05) is 19.1 Å². The van der Waals surface area contributed by atoms with Crippen molar-refractivity contribution in [1.82, 2.24) is 5.32 Å². The third-order valence-electron chi connectivity index (χ3n) is 4.15. The minimum atomic E-state index is 0.312. The minimum absolute atomic E-state index is 0.312. The van der Waals surface area contributed by atoms with Crippen LogP contribution in [0.4, 0.5) is 0 Å². The highest BCUT2D eigenvalue weighted by molar-refractivity contribution is 5.34. The van der Waals surface area contributed by atoms with E-state index in [9.17, 15) is 0 Å². The zero-order valence-corrected chi connectivity index (χ0v) is 10.4.